The molecule has 11 heteroatoms. The summed E-state index contributed by atoms with van der Waals surface area (Å²) in [6.07, 6.45) is -0.347. The number of nitro benzene ring substituents is 2. The molecule has 0 bridgehead atoms. The summed E-state index contributed by atoms with van der Waals surface area (Å²) in [5, 5.41) is 33.7. The average molecular weight is 526 g/mol. The largest absolute Gasteiger partial charge is 0.493 e. The monoisotopic (exact) mass is 525 g/mol. The number of ether oxygens (including phenoxy) is 3. The van der Waals surface area contributed by atoms with Crippen LogP contribution in [0.5, 0.6) is 17.2 Å². The van der Waals surface area contributed by atoms with Crippen molar-refractivity contribution in [3.05, 3.63) is 97.6 Å². The summed E-state index contributed by atoms with van der Waals surface area (Å²) in [5.41, 5.74) is 0.880. The second-order valence-electron chi connectivity index (χ2n) is 8.72. The molecule has 1 atom stereocenters. The van der Waals surface area contributed by atoms with Crippen LogP contribution < -0.4 is 14.2 Å². The molecule has 0 heterocycles. The van der Waals surface area contributed by atoms with Gasteiger partial charge in [-0.1, -0.05) is 36.4 Å². The number of nitro groups is 2. The number of rotatable bonds is 14. The van der Waals surface area contributed by atoms with Crippen molar-refractivity contribution in [3.63, 3.8) is 0 Å². The van der Waals surface area contributed by atoms with Gasteiger partial charge in [-0.05, 0) is 48.7 Å². The Bertz CT molecular complexity index is 1250. The maximum Gasteiger partial charge on any atom is 0.387 e. The fraction of sp³-hybridized carbons (Fsp3) is 0.333. The minimum atomic E-state index is -1.01. The molecule has 0 aromatic heterocycles. The normalized spacial score (nSPS) is 11.7. The molecule has 0 aliphatic heterocycles. The Labute approximate surface area is 220 Å². The van der Waals surface area contributed by atoms with Crippen LogP contribution in [-0.2, 0) is 13.0 Å². The van der Waals surface area contributed by atoms with Gasteiger partial charge in [-0.25, -0.2) is 0 Å². The van der Waals surface area contributed by atoms with Gasteiger partial charge >= 0.3 is 11.4 Å². The van der Waals surface area contributed by atoms with Crippen LogP contribution in [0.25, 0.3) is 0 Å². The van der Waals surface area contributed by atoms with Gasteiger partial charge in [0.05, 0.1) is 24.1 Å². The van der Waals surface area contributed by atoms with Crippen LogP contribution in [0.15, 0.2) is 60.7 Å². The Kier molecular flexibility index (Phi) is 9.97. The average Bonchev–Trinajstić information content (AvgIpc) is 2.90. The quantitative estimate of drug-likeness (QED) is 0.241. The van der Waals surface area contributed by atoms with E-state index in [-0.39, 0.29) is 24.5 Å². The van der Waals surface area contributed by atoms with Gasteiger partial charge in [-0.2, -0.15) is 0 Å². The summed E-state index contributed by atoms with van der Waals surface area (Å²) in [6, 6.07) is 18.2. The zero-order valence-electron chi connectivity index (χ0n) is 21.5. The van der Waals surface area contributed by atoms with Crippen LogP contribution in [0.3, 0.4) is 0 Å². The van der Waals surface area contributed by atoms with Crippen molar-refractivity contribution in [3.8, 4) is 17.2 Å². The number of hydrogen-bond acceptors (Lipinski definition) is 9. The lowest BCUT2D eigenvalue weighted by Gasteiger charge is -2.25. The number of aryl methyl sites for hydroxylation is 1. The van der Waals surface area contributed by atoms with Crippen LogP contribution in [0.4, 0.5) is 11.4 Å². The van der Waals surface area contributed by atoms with E-state index in [4.69, 9.17) is 14.2 Å². The fourth-order valence-electron chi connectivity index (χ4n) is 4.12. The number of hydrogen-bond donors (Lipinski definition) is 1. The van der Waals surface area contributed by atoms with Crippen molar-refractivity contribution in [2.24, 2.45) is 0 Å². The van der Waals surface area contributed by atoms with Crippen LogP contribution in [0, 0.1) is 27.2 Å². The number of aliphatic hydroxyl groups excluding tert-OH is 1. The van der Waals surface area contributed by atoms with Crippen molar-refractivity contribution in [1.29, 1.82) is 0 Å². The molecule has 0 spiro atoms. The first-order chi connectivity index (χ1) is 18.2. The van der Waals surface area contributed by atoms with Gasteiger partial charge in [-0.3, -0.25) is 25.1 Å². The van der Waals surface area contributed by atoms with E-state index < -0.39 is 27.3 Å². The third-order valence-corrected chi connectivity index (χ3v) is 5.99. The van der Waals surface area contributed by atoms with E-state index in [0.29, 0.717) is 31.0 Å². The number of aliphatic hydroxyl groups is 1. The maximum atomic E-state index is 11.6. The van der Waals surface area contributed by atoms with Gasteiger partial charge in [0.2, 0.25) is 5.75 Å². The van der Waals surface area contributed by atoms with E-state index in [1.54, 1.807) is 14.2 Å². The summed E-state index contributed by atoms with van der Waals surface area (Å²) < 4.78 is 16.2. The fourth-order valence-corrected chi connectivity index (χ4v) is 4.12. The van der Waals surface area contributed by atoms with Gasteiger partial charge in [0.15, 0.2) is 11.5 Å². The highest BCUT2D eigenvalue weighted by Crippen LogP contribution is 2.39. The Morgan fingerprint density at radius 1 is 0.868 bits per heavy atom. The van der Waals surface area contributed by atoms with Crippen molar-refractivity contribution < 1.29 is 29.2 Å². The van der Waals surface area contributed by atoms with Crippen LogP contribution in [-0.4, -0.2) is 59.9 Å². The Hall–Kier alpha value is -4.22. The highest BCUT2D eigenvalue weighted by molar-refractivity contribution is 5.65. The first-order valence-corrected chi connectivity index (χ1v) is 11.9. The van der Waals surface area contributed by atoms with Crippen molar-refractivity contribution >= 4 is 11.4 Å². The van der Waals surface area contributed by atoms with E-state index in [0.717, 1.165) is 11.1 Å². The molecular formula is C27H31N3O8. The lowest BCUT2D eigenvalue weighted by atomic mass is 10.1. The summed E-state index contributed by atoms with van der Waals surface area (Å²) in [5.74, 6) is 1.00. The highest BCUT2D eigenvalue weighted by Gasteiger charge is 2.32. The topological polar surface area (TPSA) is 137 Å². The molecule has 0 fully saturated rings. The maximum absolute atomic E-state index is 11.6. The van der Waals surface area contributed by atoms with Gasteiger partial charge in [0, 0.05) is 25.2 Å². The molecule has 0 saturated carbocycles. The summed E-state index contributed by atoms with van der Waals surface area (Å²) in [6.45, 7) is 2.51. The SMILES string of the molecule is COc1ccc(CCN(Cc2ccccc2)CC(O)COc2ccc(C)c([N+](=O)[O-])c2[N+](=O)[O-])cc1OC. The number of methoxy groups -OCH3 is 2. The Morgan fingerprint density at radius 3 is 2.16 bits per heavy atom. The molecule has 38 heavy (non-hydrogen) atoms. The molecule has 1 N–H and O–H groups in total. The van der Waals surface area contributed by atoms with Crippen molar-refractivity contribution in [2.45, 2.75) is 26.0 Å². The summed E-state index contributed by atoms with van der Waals surface area (Å²) in [4.78, 5) is 23.4. The van der Waals surface area contributed by atoms with Crippen molar-refractivity contribution in [1.82, 2.24) is 4.90 Å². The lowest BCUT2D eigenvalue weighted by Crippen LogP contribution is -2.36. The zero-order chi connectivity index (χ0) is 27.7. The van der Waals surface area contributed by atoms with Crippen LogP contribution >= 0.6 is 0 Å². The number of benzene rings is 3. The summed E-state index contributed by atoms with van der Waals surface area (Å²) in [7, 11) is 3.15. The van der Waals surface area contributed by atoms with Gasteiger partial charge in [0.1, 0.15) is 12.7 Å². The third-order valence-electron chi connectivity index (χ3n) is 5.99. The Balaban J connectivity index is 1.72. The van der Waals surface area contributed by atoms with Crippen LogP contribution in [0.1, 0.15) is 16.7 Å². The van der Waals surface area contributed by atoms with E-state index >= 15 is 0 Å². The molecule has 3 aromatic carbocycles. The van der Waals surface area contributed by atoms with Gasteiger partial charge < -0.3 is 19.3 Å². The minimum absolute atomic E-state index is 0.152. The second-order valence-corrected chi connectivity index (χ2v) is 8.72. The molecule has 0 aliphatic carbocycles. The van der Waals surface area contributed by atoms with Crippen molar-refractivity contribution in [2.75, 3.05) is 33.9 Å². The van der Waals surface area contributed by atoms with Gasteiger partial charge in [-0.15, -0.1) is 0 Å². The predicted molar refractivity (Wildman–Crippen MR) is 141 cm³/mol. The minimum Gasteiger partial charge on any atom is -0.493 e. The Morgan fingerprint density at radius 2 is 1.53 bits per heavy atom. The predicted octanol–water partition coefficient (Wildman–Crippen LogP) is 4.31. The molecule has 0 saturated heterocycles. The first kappa shape index (κ1) is 28.4. The molecule has 202 valence electrons. The second kappa shape index (κ2) is 13.4. The van der Waals surface area contributed by atoms with E-state index in [9.17, 15) is 25.3 Å². The van der Waals surface area contributed by atoms with E-state index in [2.05, 4.69) is 0 Å². The van der Waals surface area contributed by atoms with E-state index in [1.807, 2.05) is 53.4 Å². The standard InChI is InChI=1S/C27H31N3O8/c1-19-9-11-24(27(30(34)35)26(19)29(32)33)38-18-22(31)17-28(16-21-7-5-4-6-8-21)14-13-20-10-12-23(36-2)25(15-20)37-3/h4-12,15,22,31H,13-14,16-18H2,1-3H3. The van der Waals surface area contributed by atoms with E-state index in [1.165, 1.54) is 19.1 Å². The molecule has 11 nitrogen and oxygen atoms in total. The molecule has 0 radical (unpaired) electrons. The lowest BCUT2D eigenvalue weighted by molar-refractivity contribution is -0.423. The highest BCUT2D eigenvalue weighted by atomic mass is 16.6. The molecule has 3 aromatic rings. The summed E-state index contributed by atoms with van der Waals surface area (Å²) >= 11 is 0. The molecule has 0 amide bonds. The van der Waals surface area contributed by atoms with Crippen LogP contribution in [0.2, 0.25) is 0 Å². The molecular weight excluding hydrogens is 494 g/mol. The molecule has 0 aliphatic rings. The molecule has 3 rings (SSSR count). The number of nitrogens with zero attached hydrogens (tertiary/aromatic N) is 3. The first-order valence-electron chi connectivity index (χ1n) is 11.9. The van der Waals surface area contributed by atoms with Gasteiger partial charge in [0.25, 0.3) is 0 Å². The third kappa shape index (κ3) is 7.40. The smallest absolute Gasteiger partial charge is 0.387 e. The molecule has 1 unspecified atom stereocenters. The zero-order valence-corrected chi connectivity index (χ0v) is 21.5.